The van der Waals surface area contributed by atoms with Gasteiger partial charge in [0.25, 0.3) is 0 Å². The van der Waals surface area contributed by atoms with Crippen LogP contribution in [-0.2, 0) is 4.74 Å². The minimum absolute atomic E-state index is 0.156. The first-order valence-corrected chi connectivity index (χ1v) is 7.31. The number of thiophene rings is 1. The van der Waals surface area contributed by atoms with Crippen LogP contribution in [0.4, 0.5) is 9.59 Å². The van der Waals surface area contributed by atoms with Crippen LogP contribution in [-0.4, -0.2) is 23.6 Å². The van der Waals surface area contributed by atoms with Crippen molar-refractivity contribution < 1.29 is 14.3 Å². The molecule has 0 fully saturated rings. The maximum absolute atomic E-state index is 12.2. The van der Waals surface area contributed by atoms with Crippen LogP contribution in [0, 0.1) is 18.3 Å². The van der Waals surface area contributed by atoms with Gasteiger partial charge in [0.1, 0.15) is 6.04 Å². The van der Waals surface area contributed by atoms with Crippen LogP contribution in [0.15, 0.2) is 22.7 Å². The first-order valence-electron chi connectivity index (χ1n) is 6.43. The van der Waals surface area contributed by atoms with E-state index in [1.165, 1.54) is 11.3 Å². The normalized spacial score (nSPS) is 18.3. The molecule has 0 aliphatic carbocycles. The minimum Gasteiger partial charge on any atom is -0.449 e. The number of carbonyl (C=O) groups is 2. The Morgan fingerprint density at radius 1 is 1.57 bits per heavy atom. The lowest BCUT2D eigenvalue weighted by atomic mass is 9.99. The summed E-state index contributed by atoms with van der Waals surface area (Å²) >= 11 is 1.40. The van der Waals surface area contributed by atoms with Gasteiger partial charge in [0.05, 0.1) is 18.2 Å². The average molecular weight is 305 g/mol. The molecule has 0 bridgehead atoms. The van der Waals surface area contributed by atoms with Gasteiger partial charge in [-0.2, -0.15) is 5.26 Å². The van der Waals surface area contributed by atoms with E-state index in [0.29, 0.717) is 11.3 Å². The SMILES string of the molecule is CCOC(=O)N1C(=O)NC(C)=C(C#N)C1c1sccc1C. The highest BCUT2D eigenvalue weighted by Crippen LogP contribution is 2.37. The molecule has 0 saturated carbocycles. The second kappa shape index (κ2) is 5.97. The fourth-order valence-corrected chi connectivity index (χ4v) is 3.20. The maximum atomic E-state index is 12.2. The summed E-state index contributed by atoms with van der Waals surface area (Å²) in [5.41, 5.74) is 1.73. The molecule has 7 heteroatoms. The molecular weight excluding hydrogens is 290 g/mol. The molecule has 6 nitrogen and oxygen atoms in total. The van der Waals surface area contributed by atoms with Crippen molar-refractivity contribution in [3.63, 3.8) is 0 Å². The largest absolute Gasteiger partial charge is 0.449 e. The first-order chi connectivity index (χ1) is 10.0. The zero-order valence-electron chi connectivity index (χ0n) is 12.0. The maximum Gasteiger partial charge on any atom is 0.418 e. The molecule has 1 aromatic heterocycles. The van der Waals surface area contributed by atoms with Crippen molar-refractivity contribution in [2.24, 2.45) is 0 Å². The van der Waals surface area contributed by atoms with E-state index >= 15 is 0 Å². The number of aryl methyl sites for hydroxylation is 1. The van der Waals surface area contributed by atoms with Crippen LogP contribution in [0.3, 0.4) is 0 Å². The van der Waals surface area contributed by atoms with E-state index < -0.39 is 18.2 Å². The van der Waals surface area contributed by atoms with E-state index in [0.717, 1.165) is 15.3 Å². The highest BCUT2D eigenvalue weighted by Gasteiger charge is 2.40. The van der Waals surface area contributed by atoms with Crippen molar-refractivity contribution in [1.29, 1.82) is 5.26 Å². The van der Waals surface area contributed by atoms with Gasteiger partial charge in [-0.3, -0.25) is 0 Å². The van der Waals surface area contributed by atoms with Crippen molar-refractivity contribution >= 4 is 23.5 Å². The summed E-state index contributed by atoms with van der Waals surface area (Å²) in [4.78, 5) is 26.0. The van der Waals surface area contributed by atoms with Crippen LogP contribution >= 0.6 is 11.3 Å². The summed E-state index contributed by atoms with van der Waals surface area (Å²) in [6.45, 7) is 5.35. The van der Waals surface area contributed by atoms with Gasteiger partial charge in [-0.05, 0) is 37.8 Å². The molecule has 21 heavy (non-hydrogen) atoms. The van der Waals surface area contributed by atoms with Crippen LogP contribution in [0.25, 0.3) is 0 Å². The van der Waals surface area contributed by atoms with Gasteiger partial charge >= 0.3 is 12.1 Å². The Morgan fingerprint density at radius 3 is 2.81 bits per heavy atom. The zero-order chi connectivity index (χ0) is 15.6. The van der Waals surface area contributed by atoms with Crippen molar-refractivity contribution in [1.82, 2.24) is 10.2 Å². The number of hydrogen-bond acceptors (Lipinski definition) is 5. The Bertz CT molecular complexity index is 657. The summed E-state index contributed by atoms with van der Waals surface area (Å²) < 4.78 is 4.95. The van der Waals surface area contributed by atoms with Gasteiger partial charge in [-0.25, -0.2) is 14.5 Å². The fraction of sp³-hybridized carbons (Fsp3) is 0.357. The van der Waals surface area contributed by atoms with Gasteiger partial charge in [0.15, 0.2) is 0 Å². The number of imide groups is 1. The molecule has 1 aliphatic heterocycles. The molecule has 1 aliphatic rings. The van der Waals surface area contributed by atoms with E-state index in [9.17, 15) is 14.9 Å². The third-order valence-electron chi connectivity index (χ3n) is 3.18. The lowest BCUT2D eigenvalue weighted by molar-refractivity contribution is 0.104. The van der Waals surface area contributed by atoms with Crippen molar-refractivity contribution in [2.45, 2.75) is 26.8 Å². The number of hydrogen-bond donors (Lipinski definition) is 1. The van der Waals surface area contributed by atoms with Gasteiger partial charge in [-0.1, -0.05) is 0 Å². The van der Waals surface area contributed by atoms with Crippen LogP contribution in [0.2, 0.25) is 0 Å². The number of ether oxygens (including phenoxy) is 1. The Hall–Kier alpha value is -2.33. The average Bonchev–Trinajstić information content (AvgIpc) is 2.84. The Labute approximate surface area is 126 Å². The molecule has 110 valence electrons. The van der Waals surface area contributed by atoms with Crippen molar-refractivity contribution in [3.8, 4) is 6.07 Å². The molecule has 1 N–H and O–H groups in total. The Kier molecular flexibility index (Phi) is 4.29. The fourth-order valence-electron chi connectivity index (χ4n) is 2.18. The molecular formula is C14H15N3O3S. The molecule has 1 aromatic rings. The Morgan fingerprint density at radius 2 is 2.29 bits per heavy atom. The van der Waals surface area contributed by atoms with E-state index in [-0.39, 0.29) is 6.61 Å². The number of nitrogens with zero attached hydrogens (tertiary/aromatic N) is 2. The standard InChI is InChI=1S/C14H15N3O3S/c1-4-20-14(19)17-11(12-8(2)5-6-21-12)10(7-15)9(3)16-13(17)18/h5-6,11H,4H2,1-3H3,(H,16,18). The number of amides is 3. The Balaban J connectivity index is 2.57. The summed E-state index contributed by atoms with van der Waals surface area (Å²) in [7, 11) is 0. The third-order valence-corrected chi connectivity index (χ3v) is 4.26. The number of nitriles is 1. The van der Waals surface area contributed by atoms with Crippen molar-refractivity contribution in [2.75, 3.05) is 6.61 Å². The van der Waals surface area contributed by atoms with E-state index in [4.69, 9.17) is 4.74 Å². The molecule has 3 amide bonds. The third kappa shape index (κ3) is 2.62. The predicted octanol–water partition coefficient (Wildman–Crippen LogP) is 3.08. The van der Waals surface area contributed by atoms with Crippen LogP contribution in [0.1, 0.15) is 30.3 Å². The lowest BCUT2D eigenvalue weighted by Crippen LogP contribution is -2.50. The summed E-state index contributed by atoms with van der Waals surface area (Å²) in [6, 6.07) is 2.66. The van der Waals surface area contributed by atoms with Crippen molar-refractivity contribution in [3.05, 3.63) is 33.2 Å². The highest BCUT2D eigenvalue weighted by molar-refractivity contribution is 7.10. The molecule has 1 unspecified atom stereocenters. The van der Waals surface area contributed by atoms with Crippen LogP contribution < -0.4 is 5.32 Å². The summed E-state index contributed by atoms with van der Waals surface area (Å²) in [5, 5.41) is 13.8. The van der Waals surface area contributed by atoms with E-state index in [1.54, 1.807) is 13.8 Å². The van der Waals surface area contributed by atoms with E-state index in [1.807, 2.05) is 18.4 Å². The molecule has 0 aromatic carbocycles. The molecule has 2 heterocycles. The number of nitrogens with one attached hydrogen (secondary N) is 1. The summed E-state index contributed by atoms with van der Waals surface area (Å²) in [6.07, 6.45) is -0.756. The van der Waals surface area contributed by atoms with Gasteiger partial charge < -0.3 is 10.1 Å². The minimum atomic E-state index is -0.756. The molecule has 2 rings (SSSR count). The second-order valence-corrected chi connectivity index (χ2v) is 5.47. The second-order valence-electron chi connectivity index (χ2n) is 4.52. The molecule has 0 radical (unpaired) electrons. The predicted molar refractivity (Wildman–Crippen MR) is 77.5 cm³/mol. The van der Waals surface area contributed by atoms with Gasteiger partial charge in [0.2, 0.25) is 0 Å². The van der Waals surface area contributed by atoms with Gasteiger partial charge in [0, 0.05) is 10.6 Å². The lowest BCUT2D eigenvalue weighted by Gasteiger charge is -2.33. The number of carbonyl (C=O) groups excluding carboxylic acids is 2. The quantitative estimate of drug-likeness (QED) is 0.910. The molecule has 1 atom stereocenters. The monoisotopic (exact) mass is 305 g/mol. The van der Waals surface area contributed by atoms with Crippen LogP contribution in [0.5, 0.6) is 0 Å². The van der Waals surface area contributed by atoms with E-state index in [2.05, 4.69) is 11.4 Å². The summed E-state index contributed by atoms with van der Waals surface area (Å²) in [5.74, 6) is 0. The smallest absolute Gasteiger partial charge is 0.418 e. The number of rotatable bonds is 2. The topological polar surface area (TPSA) is 82.4 Å². The molecule has 0 spiro atoms. The number of allylic oxidation sites excluding steroid dienone is 1. The zero-order valence-corrected chi connectivity index (χ0v) is 12.8. The first kappa shape index (κ1) is 15.1. The highest BCUT2D eigenvalue weighted by atomic mass is 32.1. The molecule has 0 saturated heterocycles. The van der Waals surface area contributed by atoms with Gasteiger partial charge in [-0.15, -0.1) is 11.3 Å². The number of urea groups is 1.